The van der Waals surface area contributed by atoms with Crippen molar-refractivity contribution in [3.05, 3.63) is 85.1 Å². The Morgan fingerprint density at radius 1 is 1.19 bits per heavy atom. The van der Waals surface area contributed by atoms with E-state index in [0.717, 1.165) is 41.0 Å². The predicted octanol–water partition coefficient (Wildman–Crippen LogP) is 8.54. The summed E-state index contributed by atoms with van der Waals surface area (Å²) in [5, 5.41) is 17.6. The fourth-order valence-corrected chi connectivity index (χ4v) is 6.25. The number of phenols is 1. The molecule has 0 aliphatic carbocycles. The third-order valence-corrected chi connectivity index (χ3v) is 8.71. The average Bonchev–Trinajstić information content (AvgIpc) is 3.26. The molecular formula is C34H47ClN4O2S. The van der Waals surface area contributed by atoms with Gasteiger partial charge in [-0.25, -0.2) is 11.0 Å². The number of nitrogens with one attached hydrogen (secondary N) is 3. The minimum absolute atomic E-state index is 0. The molecule has 0 radical (unpaired) electrons. The Morgan fingerprint density at radius 3 is 2.52 bits per heavy atom. The lowest BCUT2D eigenvalue weighted by molar-refractivity contribution is 0.0897. The Kier molecular flexibility index (Phi) is 12.8. The summed E-state index contributed by atoms with van der Waals surface area (Å²) in [6.07, 6.45) is 5.00. The number of aryl methyl sites for hydroxylation is 2. The van der Waals surface area contributed by atoms with E-state index in [4.69, 9.17) is 11.6 Å². The van der Waals surface area contributed by atoms with Crippen molar-refractivity contribution in [3.8, 4) is 5.75 Å². The van der Waals surface area contributed by atoms with Gasteiger partial charge in [-0.3, -0.25) is 4.79 Å². The van der Waals surface area contributed by atoms with Crippen LogP contribution in [0.1, 0.15) is 97.3 Å². The zero-order valence-electron chi connectivity index (χ0n) is 25.4. The third-order valence-electron chi connectivity index (χ3n) is 7.16. The van der Waals surface area contributed by atoms with Gasteiger partial charge >= 0.3 is 0 Å². The van der Waals surface area contributed by atoms with Gasteiger partial charge in [-0.2, -0.15) is 5.10 Å². The molecular weight excluding hydrogens is 564 g/mol. The highest BCUT2D eigenvalue weighted by Crippen LogP contribution is 2.37. The van der Waals surface area contributed by atoms with Crippen molar-refractivity contribution in [2.24, 2.45) is 11.0 Å². The summed E-state index contributed by atoms with van der Waals surface area (Å²) >= 11 is 8.17. The van der Waals surface area contributed by atoms with E-state index in [1.165, 1.54) is 27.1 Å². The Bertz CT molecular complexity index is 1440. The molecule has 8 heteroatoms. The lowest BCUT2D eigenvalue weighted by Crippen LogP contribution is -2.49. The van der Waals surface area contributed by atoms with E-state index in [-0.39, 0.29) is 24.6 Å². The summed E-state index contributed by atoms with van der Waals surface area (Å²) in [5.41, 5.74) is 13.1. The molecule has 0 fully saturated rings. The smallest absolute Gasteiger partial charge is 0.251 e. The van der Waals surface area contributed by atoms with E-state index in [1.807, 2.05) is 18.2 Å². The van der Waals surface area contributed by atoms with Crippen LogP contribution in [0.15, 0.2) is 47.6 Å². The van der Waals surface area contributed by atoms with Gasteiger partial charge in [0.05, 0.1) is 15.6 Å². The third kappa shape index (κ3) is 8.93. The first-order chi connectivity index (χ1) is 19.4. The Balaban J connectivity index is 0.000000344. The van der Waals surface area contributed by atoms with Gasteiger partial charge < -0.3 is 10.4 Å². The predicted molar refractivity (Wildman–Crippen MR) is 182 cm³/mol. The monoisotopic (exact) mass is 610 g/mol. The van der Waals surface area contributed by atoms with Gasteiger partial charge in [0.2, 0.25) is 0 Å². The van der Waals surface area contributed by atoms with Crippen molar-refractivity contribution in [1.82, 2.24) is 16.3 Å². The molecule has 4 rings (SSSR count). The van der Waals surface area contributed by atoms with E-state index >= 15 is 0 Å². The second-order valence-corrected chi connectivity index (χ2v) is 12.7. The molecule has 1 unspecified atom stereocenters. The number of benzene rings is 2. The van der Waals surface area contributed by atoms with Crippen LogP contribution in [0.4, 0.5) is 0 Å². The average molecular weight is 611 g/mol. The molecule has 1 atom stereocenters. The molecule has 0 saturated carbocycles. The number of halogens is 1. The van der Waals surface area contributed by atoms with Crippen LogP contribution in [-0.2, 0) is 6.42 Å². The largest absolute Gasteiger partial charge is 0.508 e. The summed E-state index contributed by atoms with van der Waals surface area (Å²) in [4.78, 5) is 14.1. The van der Waals surface area contributed by atoms with Crippen molar-refractivity contribution in [2.75, 3.05) is 7.05 Å². The molecule has 6 nitrogen and oxygen atoms in total. The summed E-state index contributed by atoms with van der Waals surface area (Å²) < 4.78 is 0. The second kappa shape index (κ2) is 15.4. The number of allylic oxidation sites excluding steroid dienone is 1. The van der Waals surface area contributed by atoms with Gasteiger partial charge in [0.1, 0.15) is 5.75 Å². The van der Waals surface area contributed by atoms with Crippen molar-refractivity contribution in [1.29, 1.82) is 0 Å². The number of fused-ring (bicyclic) bond motifs is 1. The SMILES string of the molecule is C.CC/C(=N\NNC)c1cc(C)c(/C=C(/c2ccc(O)cc2Cl)C(C)CC)s1.Cc1ccc2c(c1)CC(C)(C)NC2=O. The highest BCUT2D eigenvalue weighted by atomic mass is 35.5. The van der Waals surface area contributed by atoms with Crippen LogP contribution >= 0.6 is 22.9 Å². The van der Waals surface area contributed by atoms with Crippen molar-refractivity contribution < 1.29 is 9.90 Å². The van der Waals surface area contributed by atoms with Crippen LogP contribution in [0.3, 0.4) is 0 Å². The number of phenolic OH excluding ortho intramolecular Hbond substituents is 1. The minimum Gasteiger partial charge on any atom is -0.508 e. The second-order valence-electron chi connectivity index (χ2n) is 11.2. The van der Waals surface area contributed by atoms with Crippen LogP contribution in [0, 0.1) is 19.8 Å². The summed E-state index contributed by atoms with van der Waals surface area (Å²) in [6, 6.07) is 13.4. The number of hydrazine groups is 1. The first kappa shape index (κ1) is 35.1. The van der Waals surface area contributed by atoms with Crippen molar-refractivity contribution in [2.45, 2.75) is 80.7 Å². The number of hydrogen-bond donors (Lipinski definition) is 4. The lowest BCUT2D eigenvalue weighted by atomic mass is 9.86. The standard InChI is InChI=1S/C21H28ClN3OS.C12H15NO.CH4/c1-6-13(3)17(16-9-8-15(26)11-18(16)22)12-20-14(4)10-21(27-20)19(7-2)24-25-23-5;1-8-4-5-10-9(6-8)7-12(2,3)13-11(10)14;/h8-13,23,25-26H,6-7H2,1-5H3;4-6H,7H2,1-3H3,(H,13,14);1H4/b17-12+,24-19+;;. The molecule has 0 bridgehead atoms. The zero-order chi connectivity index (χ0) is 30.3. The molecule has 1 amide bonds. The van der Waals surface area contributed by atoms with Crippen molar-refractivity contribution in [3.63, 3.8) is 0 Å². The number of hydrogen-bond acceptors (Lipinski definition) is 6. The number of aromatic hydroxyl groups is 1. The number of carbonyl (C=O) groups excluding carboxylic acids is 1. The first-order valence-electron chi connectivity index (χ1n) is 14.1. The van der Waals surface area contributed by atoms with E-state index < -0.39 is 0 Å². The first-order valence-corrected chi connectivity index (χ1v) is 15.3. The van der Waals surface area contributed by atoms with Crippen LogP contribution in [0.25, 0.3) is 11.6 Å². The number of nitrogens with zero attached hydrogens (tertiary/aromatic N) is 1. The van der Waals surface area contributed by atoms with Gasteiger partial charge in [-0.1, -0.05) is 57.5 Å². The van der Waals surface area contributed by atoms with Gasteiger partial charge in [0, 0.05) is 23.0 Å². The van der Waals surface area contributed by atoms with Gasteiger partial charge in [-0.15, -0.1) is 11.3 Å². The summed E-state index contributed by atoms with van der Waals surface area (Å²) in [6.45, 7) is 14.8. The maximum absolute atomic E-state index is 11.7. The minimum atomic E-state index is -0.113. The normalized spacial score (nSPS) is 15.0. The van der Waals surface area contributed by atoms with Crippen LogP contribution in [0.5, 0.6) is 5.75 Å². The molecule has 4 N–H and O–H groups in total. The molecule has 228 valence electrons. The summed E-state index contributed by atoms with van der Waals surface area (Å²) in [7, 11) is 1.80. The van der Waals surface area contributed by atoms with Crippen LogP contribution < -0.4 is 16.3 Å². The molecule has 1 aromatic heterocycles. The molecule has 1 aliphatic heterocycles. The number of thiophene rings is 1. The Hall–Kier alpha value is -3.13. The van der Waals surface area contributed by atoms with Gasteiger partial charge in [-0.05, 0) is 112 Å². The van der Waals surface area contributed by atoms with Gasteiger partial charge in [0.25, 0.3) is 5.91 Å². The maximum atomic E-state index is 11.7. The number of hydrazone groups is 1. The van der Waals surface area contributed by atoms with E-state index in [0.29, 0.717) is 10.9 Å². The number of carbonyl (C=O) groups is 1. The number of amides is 1. The van der Waals surface area contributed by atoms with Crippen LogP contribution in [-0.4, -0.2) is 29.3 Å². The fraction of sp³-hybridized carbons (Fsp3) is 0.412. The topological polar surface area (TPSA) is 85.8 Å². The summed E-state index contributed by atoms with van der Waals surface area (Å²) in [5.74, 6) is 0.584. The van der Waals surface area contributed by atoms with Crippen molar-refractivity contribution >= 4 is 46.2 Å². The lowest BCUT2D eigenvalue weighted by Gasteiger charge is -2.32. The van der Waals surface area contributed by atoms with E-state index in [9.17, 15) is 9.90 Å². The highest BCUT2D eigenvalue weighted by molar-refractivity contribution is 7.15. The maximum Gasteiger partial charge on any atom is 0.251 e. The van der Waals surface area contributed by atoms with Crippen LogP contribution in [0.2, 0.25) is 5.02 Å². The van der Waals surface area contributed by atoms with E-state index in [1.54, 1.807) is 30.5 Å². The zero-order valence-corrected chi connectivity index (χ0v) is 27.0. The fourth-order valence-electron chi connectivity index (χ4n) is 4.78. The quantitative estimate of drug-likeness (QED) is 0.152. The molecule has 0 spiro atoms. The Labute approximate surface area is 261 Å². The van der Waals surface area contributed by atoms with Gasteiger partial charge in [0.15, 0.2) is 0 Å². The molecule has 2 heterocycles. The molecule has 0 saturated heterocycles. The Morgan fingerprint density at radius 2 is 1.90 bits per heavy atom. The van der Waals surface area contributed by atoms with E-state index in [2.05, 4.69) is 88.1 Å². The molecule has 42 heavy (non-hydrogen) atoms. The highest BCUT2D eigenvalue weighted by Gasteiger charge is 2.29. The molecule has 2 aromatic carbocycles. The molecule has 3 aromatic rings. The number of rotatable bonds is 8. The molecule has 1 aliphatic rings.